The number of hydrogen-bond acceptors (Lipinski definition) is 8. The van der Waals surface area contributed by atoms with E-state index in [-0.39, 0.29) is 23.0 Å². The highest BCUT2D eigenvalue weighted by Gasteiger charge is 2.41. The summed E-state index contributed by atoms with van der Waals surface area (Å²) in [5, 5.41) is 8.51. The predicted molar refractivity (Wildman–Crippen MR) is 105 cm³/mol. The van der Waals surface area contributed by atoms with Crippen LogP contribution in [0, 0.1) is 0 Å². The van der Waals surface area contributed by atoms with E-state index in [2.05, 4.69) is 0 Å². The summed E-state index contributed by atoms with van der Waals surface area (Å²) < 4.78 is 15.6. The zero-order chi connectivity index (χ0) is 21.7. The van der Waals surface area contributed by atoms with Gasteiger partial charge in [0.15, 0.2) is 17.6 Å². The number of esters is 1. The minimum absolute atomic E-state index is 0.0622. The van der Waals surface area contributed by atoms with Crippen LogP contribution in [0.3, 0.4) is 0 Å². The molecule has 1 saturated heterocycles. The summed E-state index contributed by atoms with van der Waals surface area (Å²) in [6, 6.07) is 3.74. The maximum Gasteiger partial charge on any atom is 0.344 e. The van der Waals surface area contributed by atoms with Gasteiger partial charge in [0.05, 0.1) is 18.6 Å². The van der Waals surface area contributed by atoms with Crippen LogP contribution in [0.25, 0.3) is 6.08 Å². The number of carbonyl (C=O) groups is 4. The number of para-hydroxylation sites is 1. The minimum atomic E-state index is -1.18. The van der Waals surface area contributed by atoms with Gasteiger partial charge >= 0.3 is 11.9 Å². The second-order valence-corrected chi connectivity index (χ2v) is 6.95. The largest absolute Gasteiger partial charge is 0.493 e. The molecule has 1 aromatic carbocycles. The van der Waals surface area contributed by atoms with Crippen LogP contribution < -0.4 is 9.47 Å². The Kier molecular flexibility index (Phi) is 7.27. The van der Waals surface area contributed by atoms with E-state index in [1.165, 1.54) is 27.0 Å². The highest BCUT2D eigenvalue weighted by Crippen LogP contribution is 2.38. The Morgan fingerprint density at radius 1 is 1.28 bits per heavy atom. The van der Waals surface area contributed by atoms with E-state index in [4.69, 9.17) is 19.3 Å². The lowest BCUT2D eigenvalue weighted by molar-refractivity contribution is -0.150. The molecule has 0 radical (unpaired) electrons. The van der Waals surface area contributed by atoms with Gasteiger partial charge in [0, 0.05) is 5.56 Å². The van der Waals surface area contributed by atoms with Gasteiger partial charge in [0.25, 0.3) is 11.1 Å². The minimum Gasteiger partial charge on any atom is -0.493 e. The molecule has 1 aromatic rings. The number of aliphatic carboxylic acids is 1. The number of carboxylic acids is 1. The Labute approximate surface area is 171 Å². The fourth-order valence-corrected chi connectivity index (χ4v) is 3.38. The van der Waals surface area contributed by atoms with Gasteiger partial charge in [0.1, 0.15) is 6.04 Å². The van der Waals surface area contributed by atoms with Crippen molar-refractivity contribution in [3.63, 3.8) is 0 Å². The van der Waals surface area contributed by atoms with Crippen molar-refractivity contribution in [1.82, 2.24) is 4.90 Å². The molecule has 9 nitrogen and oxygen atoms in total. The number of carboxylic acid groups (broad SMARTS) is 1. The summed E-state index contributed by atoms with van der Waals surface area (Å²) in [6.07, 6.45) is 0.229. The van der Waals surface area contributed by atoms with Crippen molar-refractivity contribution < 1.29 is 38.5 Å². The molecular weight excluding hydrogens is 402 g/mol. The first kappa shape index (κ1) is 22.3. The Balaban J connectivity index is 2.39. The molecule has 2 atom stereocenters. The predicted octanol–water partition coefficient (Wildman–Crippen LogP) is 2.54. The fraction of sp³-hybridized carbons (Fsp3) is 0.368. The van der Waals surface area contributed by atoms with Crippen LogP contribution in [0.5, 0.6) is 11.5 Å². The van der Waals surface area contributed by atoms with Gasteiger partial charge in [-0.25, -0.2) is 9.59 Å². The third kappa shape index (κ3) is 4.89. The molecule has 156 valence electrons. The number of methoxy groups -OCH3 is 1. The number of benzene rings is 1. The SMILES string of the molecule is CCOC(=O)[C@H](C)N1C(=O)S/C(=C/c2cccc(OC)c2O[C@@H](C)C(=O)O)C1=O. The second-order valence-electron chi connectivity index (χ2n) is 5.96. The third-order valence-electron chi connectivity index (χ3n) is 4.00. The number of hydrogen-bond donors (Lipinski definition) is 1. The first-order valence-electron chi connectivity index (χ1n) is 8.71. The lowest BCUT2D eigenvalue weighted by Gasteiger charge is -2.19. The molecule has 1 fully saturated rings. The van der Waals surface area contributed by atoms with Crippen molar-refractivity contribution in [2.75, 3.05) is 13.7 Å². The first-order chi connectivity index (χ1) is 13.7. The summed E-state index contributed by atoms with van der Waals surface area (Å²) >= 11 is 0.666. The number of amides is 2. The Hall–Kier alpha value is -3.01. The molecule has 2 amide bonds. The molecule has 0 unspecified atom stereocenters. The number of rotatable bonds is 8. The van der Waals surface area contributed by atoms with Crippen LogP contribution in [0.4, 0.5) is 4.79 Å². The second kappa shape index (κ2) is 9.46. The van der Waals surface area contributed by atoms with Gasteiger partial charge in [-0.3, -0.25) is 14.5 Å². The molecule has 10 heteroatoms. The number of carbonyl (C=O) groups excluding carboxylic acids is 3. The van der Waals surface area contributed by atoms with Crippen molar-refractivity contribution in [1.29, 1.82) is 0 Å². The molecule has 0 spiro atoms. The Morgan fingerprint density at radius 2 is 1.97 bits per heavy atom. The van der Waals surface area contributed by atoms with Gasteiger partial charge in [-0.05, 0) is 44.7 Å². The molecule has 1 heterocycles. The van der Waals surface area contributed by atoms with E-state index >= 15 is 0 Å². The van der Waals surface area contributed by atoms with Crippen molar-refractivity contribution in [2.45, 2.75) is 32.9 Å². The van der Waals surface area contributed by atoms with Crippen LogP contribution in [0.1, 0.15) is 26.3 Å². The van der Waals surface area contributed by atoms with Crippen molar-refractivity contribution in [3.05, 3.63) is 28.7 Å². The summed E-state index contributed by atoms with van der Waals surface area (Å²) in [5.41, 5.74) is 0.353. The molecule has 1 aliphatic heterocycles. The smallest absolute Gasteiger partial charge is 0.344 e. The molecule has 0 aliphatic carbocycles. The van der Waals surface area contributed by atoms with E-state index in [1.54, 1.807) is 25.1 Å². The monoisotopic (exact) mass is 423 g/mol. The molecule has 0 aromatic heterocycles. The maximum absolute atomic E-state index is 12.7. The average molecular weight is 423 g/mol. The zero-order valence-electron chi connectivity index (χ0n) is 16.3. The quantitative estimate of drug-likeness (QED) is 0.497. The first-order valence-corrected chi connectivity index (χ1v) is 9.53. The molecule has 0 bridgehead atoms. The molecule has 2 rings (SSSR count). The summed E-state index contributed by atoms with van der Waals surface area (Å²) in [6.45, 7) is 4.52. The van der Waals surface area contributed by atoms with Gasteiger partial charge in [-0.2, -0.15) is 0 Å². The van der Waals surface area contributed by atoms with E-state index in [0.29, 0.717) is 17.3 Å². The van der Waals surface area contributed by atoms with E-state index < -0.39 is 35.2 Å². The summed E-state index contributed by atoms with van der Waals surface area (Å²) in [7, 11) is 1.40. The van der Waals surface area contributed by atoms with E-state index in [1.807, 2.05) is 0 Å². The summed E-state index contributed by atoms with van der Waals surface area (Å²) in [4.78, 5) is 49.0. The average Bonchev–Trinajstić information content (AvgIpc) is 2.95. The molecule has 1 N–H and O–H groups in total. The van der Waals surface area contributed by atoms with Gasteiger partial charge in [-0.15, -0.1) is 0 Å². The topological polar surface area (TPSA) is 119 Å². The van der Waals surface area contributed by atoms with E-state index in [0.717, 1.165) is 4.90 Å². The normalized spacial score (nSPS) is 17.2. The van der Waals surface area contributed by atoms with Crippen molar-refractivity contribution in [3.8, 4) is 11.5 Å². The van der Waals surface area contributed by atoms with Crippen molar-refractivity contribution >= 4 is 40.9 Å². The van der Waals surface area contributed by atoms with Gasteiger partial charge < -0.3 is 19.3 Å². The van der Waals surface area contributed by atoms with Crippen LogP contribution in [0.15, 0.2) is 23.1 Å². The summed E-state index contributed by atoms with van der Waals surface area (Å²) in [5.74, 6) is -2.12. The molecular formula is C19H21NO8S. The lowest BCUT2D eigenvalue weighted by atomic mass is 10.1. The lowest BCUT2D eigenvalue weighted by Crippen LogP contribution is -2.42. The maximum atomic E-state index is 12.7. The molecule has 1 aliphatic rings. The van der Waals surface area contributed by atoms with Crippen molar-refractivity contribution in [2.24, 2.45) is 0 Å². The van der Waals surface area contributed by atoms with Crippen LogP contribution in [-0.4, -0.2) is 59.0 Å². The van der Waals surface area contributed by atoms with Gasteiger partial charge in [-0.1, -0.05) is 12.1 Å². The third-order valence-corrected chi connectivity index (χ3v) is 4.88. The Morgan fingerprint density at radius 3 is 2.55 bits per heavy atom. The number of imide groups is 1. The van der Waals surface area contributed by atoms with E-state index in [9.17, 15) is 19.2 Å². The zero-order valence-corrected chi connectivity index (χ0v) is 17.1. The standard InChI is InChI=1S/C19H21NO8S/c1-5-27-18(24)10(2)20-16(21)14(29-19(20)25)9-12-7-6-8-13(26-4)15(12)28-11(3)17(22)23/h6-11H,5H2,1-4H3,(H,22,23)/b14-9+/t10-,11-/m0/s1. The van der Waals surface area contributed by atoms with Crippen LogP contribution in [-0.2, 0) is 19.1 Å². The van der Waals surface area contributed by atoms with Crippen LogP contribution in [0.2, 0.25) is 0 Å². The molecule has 29 heavy (non-hydrogen) atoms. The Bertz CT molecular complexity index is 866. The number of nitrogens with zero attached hydrogens (tertiary/aromatic N) is 1. The highest BCUT2D eigenvalue weighted by atomic mass is 32.2. The van der Waals surface area contributed by atoms with Gasteiger partial charge in [0.2, 0.25) is 0 Å². The number of ether oxygens (including phenoxy) is 3. The fourth-order valence-electron chi connectivity index (χ4n) is 2.48. The highest BCUT2D eigenvalue weighted by molar-refractivity contribution is 8.18. The number of thioether (sulfide) groups is 1. The molecule has 0 saturated carbocycles. The van der Waals surface area contributed by atoms with Crippen LogP contribution >= 0.6 is 11.8 Å².